The lowest BCUT2D eigenvalue weighted by atomic mass is 9.89. The number of aryl methyl sites for hydroxylation is 1. The highest BCUT2D eigenvalue weighted by atomic mass is 35.5. The molecule has 1 amide bonds. The first-order chi connectivity index (χ1) is 11.3. The van der Waals surface area contributed by atoms with Crippen LogP contribution in [0.15, 0.2) is 36.9 Å². The highest BCUT2D eigenvalue weighted by molar-refractivity contribution is 5.85. The lowest BCUT2D eigenvalue weighted by Gasteiger charge is -2.20. The SMILES string of the molecule is Cl.O=C(NCCn1cnc2ccccc21)C1CCc2nc[nH]c2C1.[HH].[HH]. The number of aromatic nitrogens is 4. The van der Waals surface area contributed by atoms with Gasteiger partial charge in [-0.25, -0.2) is 9.97 Å². The summed E-state index contributed by atoms with van der Waals surface area (Å²) in [6, 6.07) is 8.02. The quantitative estimate of drug-likeness (QED) is 0.760. The molecule has 24 heavy (non-hydrogen) atoms. The van der Waals surface area contributed by atoms with Crippen LogP contribution < -0.4 is 5.32 Å². The van der Waals surface area contributed by atoms with E-state index in [4.69, 9.17) is 0 Å². The number of fused-ring (bicyclic) bond motifs is 2. The van der Waals surface area contributed by atoms with E-state index >= 15 is 0 Å². The lowest BCUT2D eigenvalue weighted by molar-refractivity contribution is -0.125. The van der Waals surface area contributed by atoms with Crippen molar-refractivity contribution in [3.63, 3.8) is 0 Å². The molecule has 4 rings (SSSR count). The first-order valence-corrected chi connectivity index (χ1v) is 8.00. The molecule has 6 nitrogen and oxygen atoms in total. The molecule has 2 aromatic heterocycles. The first-order valence-electron chi connectivity index (χ1n) is 8.00. The zero-order valence-corrected chi connectivity index (χ0v) is 14.1. The van der Waals surface area contributed by atoms with E-state index in [1.807, 2.05) is 30.6 Å². The van der Waals surface area contributed by atoms with Crippen molar-refractivity contribution in [3.8, 4) is 0 Å². The number of para-hydroxylation sites is 2. The molecular formula is C17H24ClN5O. The average Bonchev–Trinajstić information content (AvgIpc) is 3.21. The molecule has 0 spiro atoms. The Hall–Kier alpha value is -2.34. The van der Waals surface area contributed by atoms with Crippen molar-refractivity contribution in [2.45, 2.75) is 25.8 Å². The number of aromatic amines is 1. The predicted molar refractivity (Wildman–Crippen MR) is 98.3 cm³/mol. The molecule has 2 N–H and O–H groups in total. The molecule has 7 heteroatoms. The molecule has 1 aliphatic rings. The molecule has 0 saturated heterocycles. The van der Waals surface area contributed by atoms with Gasteiger partial charge in [-0.3, -0.25) is 4.79 Å². The summed E-state index contributed by atoms with van der Waals surface area (Å²) in [4.78, 5) is 24.1. The van der Waals surface area contributed by atoms with Crippen LogP contribution in [0.1, 0.15) is 20.7 Å². The van der Waals surface area contributed by atoms with E-state index in [-0.39, 0.29) is 27.1 Å². The third-order valence-electron chi connectivity index (χ3n) is 4.54. The van der Waals surface area contributed by atoms with E-state index in [0.717, 1.165) is 48.2 Å². The average molecular weight is 350 g/mol. The Balaban J connectivity index is 0.00000113. The minimum Gasteiger partial charge on any atom is -0.354 e. The van der Waals surface area contributed by atoms with Crippen molar-refractivity contribution in [3.05, 3.63) is 48.3 Å². The van der Waals surface area contributed by atoms with Gasteiger partial charge in [0.1, 0.15) is 0 Å². The third-order valence-corrected chi connectivity index (χ3v) is 4.54. The molecule has 0 saturated carbocycles. The summed E-state index contributed by atoms with van der Waals surface area (Å²) in [5, 5.41) is 3.06. The van der Waals surface area contributed by atoms with E-state index < -0.39 is 0 Å². The number of nitrogens with one attached hydrogen (secondary N) is 2. The number of benzene rings is 1. The zero-order chi connectivity index (χ0) is 15.6. The number of nitrogens with zero attached hydrogens (tertiary/aromatic N) is 3. The maximum Gasteiger partial charge on any atom is 0.223 e. The van der Waals surface area contributed by atoms with Gasteiger partial charge >= 0.3 is 0 Å². The molecule has 0 aliphatic heterocycles. The van der Waals surface area contributed by atoms with Crippen LogP contribution >= 0.6 is 12.4 Å². The standard InChI is InChI=1S/C17H19N5O.ClH.2H2/c23-17(12-5-6-13-15(9-12)20-10-19-13)18-7-8-22-11-21-14-3-1-2-4-16(14)22;;;/h1-4,10-12H,5-9H2,(H,18,23)(H,19,20);3*1H. The molecule has 1 aromatic carbocycles. The van der Waals surface area contributed by atoms with Crippen molar-refractivity contribution < 1.29 is 7.65 Å². The van der Waals surface area contributed by atoms with Gasteiger partial charge in [0.25, 0.3) is 0 Å². The zero-order valence-electron chi connectivity index (χ0n) is 13.2. The number of halogens is 1. The summed E-state index contributed by atoms with van der Waals surface area (Å²) in [6.45, 7) is 1.35. The number of carbonyl (C=O) groups excluding carboxylic acids is 1. The summed E-state index contributed by atoms with van der Waals surface area (Å²) in [5.74, 6) is 0.178. The molecule has 2 heterocycles. The smallest absolute Gasteiger partial charge is 0.223 e. The van der Waals surface area contributed by atoms with Crippen LogP contribution in [0.2, 0.25) is 0 Å². The largest absolute Gasteiger partial charge is 0.354 e. The van der Waals surface area contributed by atoms with Gasteiger partial charge in [0.15, 0.2) is 0 Å². The first kappa shape index (κ1) is 16.5. The molecule has 1 aliphatic carbocycles. The Labute approximate surface area is 149 Å². The minimum absolute atomic E-state index is 0. The van der Waals surface area contributed by atoms with E-state index in [2.05, 4.69) is 24.8 Å². The molecule has 0 bridgehead atoms. The topological polar surface area (TPSA) is 75.6 Å². The van der Waals surface area contributed by atoms with Crippen molar-refractivity contribution >= 4 is 29.3 Å². The Morgan fingerprint density at radius 1 is 1.38 bits per heavy atom. The molecule has 1 unspecified atom stereocenters. The summed E-state index contributed by atoms with van der Waals surface area (Å²) in [5.41, 5.74) is 4.30. The van der Waals surface area contributed by atoms with Gasteiger partial charge in [0.05, 0.1) is 29.4 Å². The summed E-state index contributed by atoms with van der Waals surface area (Å²) < 4.78 is 2.07. The van der Waals surface area contributed by atoms with Crippen LogP contribution in [-0.4, -0.2) is 32.0 Å². The number of hydrogen-bond donors (Lipinski definition) is 2. The van der Waals surface area contributed by atoms with Crippen LogP contribution in [0.3, 0.4) is 0 Å². The van der Waals surface area contributed by atoms with Gasteiger partial charge < -0.3 is 14.9 Å². The van der Waals surface area contributed by atoms with E-state index in [9.17, 15) is 4.79 Å². The van der Waals surface area contributed by atoms with Crippen molar-refractivity contribution in [1.82, 2.24) is 24.8 Å². The molecule has 0 radical (unpaired) electrons. The third kappa shape index (κ3) is 3.14. The second-order valence-electron chi connectivity index (χ2n) is 5.99. The van der Waals surface area contributed by atoms with Gasteiger partial charge in [-0.1, -0.05) is 12.1 Å². The van der Waals surface area contributed by atoms with Crippen LogP contribution in [0.25, 0.3) is 11.0 Å². The van der Waals surface area contributed by atoms with Gasteiger partial charge in [0.2, 0.25) is 5.91 Å². The summed E-state index contributed by atoms with van der Waals surface area (Å²) in [6.07, 6.45) is 6.05. The van der Waals surface area contributed by atoms with E-state index in [1.165, 1.54) is 0 Å². The summed E-state index contributed by atoms with van der Waals surface area (Å²) in [7, 11) is 0. The van der Waals surface area contributed by atoms with E-state index in [1.54, 1.807) is 6.33 Å². The fourth-order valence-electron chi connectivity index (χ4n) is 3.26. The van der Waals surface area contributed by atoms with Crippen LogP contribution in [0, 0.1) is 5.92 Å². The highest BCUT2D eigenvalue weighted by Gasteiger charge is 2.25. The fourth-order valence-corrected chi connectivity index (χ4v) is 3.26. The molecular weight excluding hydrogens is 326 g/mol. The molecule has 3 aromatic rings. The van der Waals surface area contributed by atoms with Crippen LogP contribution in [0.4, 0.5) is 0 Å². The number of H-pyrrole nitrogens is 1. The van der Waals surface area contributed by atoms with Gasteiger partial charge in [0, 0.05) is 34.0 Å². The van der Waals surface area contributed by atoms with Gasteiger partial charge in [-0.05, 0) is 25.0 Å². The van der Waals surface area contributed by atoms with Crippen LogP contribution in [0.5, 0.6) is 0 Å². The number of rotatable bonds is 4. The van der Waals surface area contributed by atoms with Crippen LogP contribution in [-0.2, 0) is 24.2 Å². The fraction of sp³-hybridized carbons (Fsp3) is 0.353. The van der Waals surface area contributed by atoms with Crippen molar-refractivity contribution in [2.24, 2.45) is 5.92 Å². The second-order valence-corrected chi connectivity index (χ2v) is 5.99. The highest BCUT2D eigenvalue weighted by Crippen LogP contribution is 2.22. The van der Waals surface area contributed by atoms with Crippen molar-refractivity contribution in [2.75, 3.05) is 6.54 Å². The number of imidazole rings is 2. The normalized spacial score (nSPS) is 16.4. The lowest BCUT2D eigenvalue weighted by Crippen LogP contribution is -2.35. The predicted octanol–water partition coefficient (Wildman–Crippen LogP) is 2.59. The maximum absolute atomic E-state index is 12.4. The Kier molecular flexibility index (Phi) is 4.85. The van der Waals surface area contributed by atoms with Gasteiger partial charge in [-0.15, -0.1) is 12.4 Å². The maximum atomic E-state index is 12.4. The molecule has 1 atom stereocenters. The summed E-state index contributed by atoms with van der Waals surface area (Å²) >= 11 is 0. The number of carbonyl (C=O) groups is 1. The molecule has 130 valence electrons. The second kappa shape index (κ2) is 7.05. The van der Waals surface area contributed by atoms with Gasteiger partial charge in [-0.2, -0.15) is 0 Å². The molecule has 0 fully saturated rings. The Morgan fingerprint density at radius 2 is 2.25 bits per heavy atom. The monoisotopic (exact) mass is 349 g/mol. The number of amides is 1. The van der Waals surface area contributed by atoms with Crippen molar-refractivity contribution in [1.29, 1.82) is 0 Å². The minimum atomic E-state index is 0. The Bertz CT molecular complexity index is 850. The Morgan fingerprint density at radius 3 is 3.17 bits per heavy atom. The van der Waals surface area contributed by atoms with E-state index in [0.29, 0.717) is 6.54 Å². The number of hydrogen-bond acceptors (Lipinski definition) is 3.